The Labute approximate surface area is 119 Å². The number of nitrogens with zero attached hydrogens (tertiary/aromatic N) is 1. The van der Waals surface area contributed by atoms with E-state index in [1.165, 1.54) is 0 Å². The molecule has 0 aliphatic heterocycles. The van der Waals surface area contributed by atoms with E-state index in [9.17, 15) is 0 Å². The molecule has 18 heavy (non-hydrogen) atoms. The largest absolute Gasteiger partial charge is 0.497 e. The molecule has 2 N–H and O–H groups in total. The van der Waals surface area contributed by atoms with Crippen molar-refractivity contribution in [2.75, 3.05) is 7.11 Å². The highest BCUT2D eigenvalue weighted by molar-refractivity contribution is 5.85. The molecule has 0 aliphatic rings. The molecular formula is C13H16Cl2N2O. The lowest BCUT2D eigenvalue weighted by Crippen LogP contribution is -1.99. The first-order valence-electron chi connectivity index (χ1n) is 5.12. The van der Waals surface area contributed by atoms with E-state index in [0.717, 1.165) is 22.4 Å². The van der Waals surface area contributed by atoms with Gasteiger partial charge in [-0.3, -0.25) is 4.98 Å². The third-order valence-corrected chi connectivity index (χ3v) is 2.53. The molecule has 2 aromatic rings. The number of nitrogens with two attached hydrogens (primary N) is 1. The van der Waals surface area contributed by atoms with E-state index in [2.05, 4.69) is 4.98 Å². The lowest BCUT2D eigenvalue weighted by atomic mass is 10.0. The Morgan fingerprint density at radius 3 is 2.33 bits per heavy atom. The summed E-state index contributed by atoms with van der Waals surface area (Å²) >= 11 is 0. The van der Waals surface area contributed by atoms with E-state index in [-0.39, 0.29) is 24.8 Å². The summed E-state index contributed by atoms with van der Waals surface area (Å²) in [7, 11) is 1.66. The van der Waals surface area contributed by atoms with Crippen molar-refractivity contribution in [3.63, 3.8) is 0 Å². The first-order valence-corrected chi connectivity index (χ1v) is 5.12. The van der Waals surface area contributed by atoms with Crippen molar-refractivity contribution < 1.29 is 4.74 Å². The van der Waals surface area contributed by atoms with E-state index in [4.69, 9.17) is 10.5 Å². The first-order chi connectivity index (χ1) is 7.85. The van der Waals surface area contributed by atoms with Crippen LogP contribution in [-0.2, 0) is 6.54 Å². The van der Waals surface area contributed by atoms with Gasteiger partial charge in [-0.1, -0.05) is 12.1 Å². The molecule has 0 radical (unpaired) electrons. The normalized spacial score (nSPS) is 9.00. The molecule has 5 heteroatoms. The molecule has 1 heterocycles. The topological polar surface area (TPSA) is 48.1 Å². The number of rotatable bonds is 3. The molecule has 2 rings (SSSR count). The van der Waals surface area contributed by atoms with Gasteiger partial charge in [0, 0.05) is 24.5 Å². The third kappa shape index (κ3) is 3.60. The highest BCUT2D eigenvalue weighted by Crippen LogP contribution is 2.24. The van der Waals surface area contributed by atoms with Gasteiger partial charge in [-0.2, -0.15) is 0 Å². The van der Waals surface area contributed by atoms with E-state index in [1.807, 2.05) is 36.5 Å². The van der Waals surface area contributed by atoms with Crippen LogP contribution < -0.4 is 10.5 Å². The van der Waals surface area contributed by atoms with E-state index in [0.29, 0.717) is 6.54 Å². The summed E-state index contributed by atoms with van der Waals surface area (Å²) < 4.78 is 5.12. The average molecular weight is 287 g/mol. The number of hydrogen-bond donors (Lipinski definition) is 1. The van der Waals surface area contributed by atoms with Crippen LogP contribution in [0.3, 0.4) is 0 Å². The van der Waals surface area contributed by atoms with Crippen LogP contribution >= 0.6 is 24.8 Å². The van der Waals surface area contributed by atoms with Crippen molar-refractivity contribution in [2.24, 2.45) is 5.73 Å². The van der Waals surface area contributed by atoms with Crippen LogP contribution in [0.4, 0.5) is 0 Å². The summed E-state index contributed by atoms with van der Waals surface area (Å²) in [5, 5.41) is 0. The van der Waals surface area contributed by atoms with Crippen molar-refractivity contribution in [3.05, 3.63) is 48.3 Å². The maximum absolute atomic E-state index is 5.69. The number of halogens is 2. The quantitative estimate of drug-likeness (QED) is 0.943. The molecule has 0 spiro atoms. The van der Waals surface area contributed by atoms with Crippen LogP contribution in [0.2, 0.25) is 0 Å². The predicted molar refractivity (Wildman–Crippen MR) is 78.6 cm³/mol. The van der Waals surface area contributed by atoms with Gasteiger partial charge >= 0.3 is 0 Å². The zero-order valence-corrected chi connectivity index (χ0v) is 11.6. The molecule has 0 aliphatic carbocycles. The molecule has 0 saturated heterocycles. The predicted octanol–water partition coefficient (Wildman–Crippen LogP) is 3.06. The summed E-state index contributed by atoms with van der Waals surface area (Å²) in [6, 6.07) is 9.83. The Balaban J connectivity index is 0.00000144. The van der Waals surface area contributed by atoms with Gasteiger partial charge in [-0.05, 0) is 29.3 Å². The van der Waals surface area contributed by atoms with E-state index in [1.54, 1.807) is 13.3 Å². The fourth-order valence-electron chi connectivity index (χ4n) is 1.63. The second-order valence-electron chi connectivity index (χ2n) is 3.47. The van der Waals surface area contributed by atoms with Crippen LogP contribution in [0, 0.1) is 0 Å². The van der Waals surface area contributed by atoms with E-state index < -0.39 is 0 Å². The Morgan fingerprint density at radius 2 is 1.78 bits per heavy atom. The van der Waals surface area contributed by atoms with Gasteiger partial charge in [0.2, 0.25) is 0 Å². The van der Waals surface area contributed by atoms with Crippen molar-refractivity contribution >= 4 is 24.8 Å². The Kier molecular flexibility index (Phi) is 7.36. The number of methoxy groups -OCH3 is 1. The number of benzene rings is 1. The number of aromatic nitrogens is 1. The molecule has 0 amide bonds. The third-order valence-electron chi connectivity index (χ3n) is 2.53. The van der Waals surface area contributed by atoms with E-state index >= 15 is 0 Å². The van der Waals surface area contributed by atoms with Crippen LogP contribution in [0.5, 0.6) is 5.75 Å². The molecule has 98 valence electrons. The minimum atomic E-state index is 0. The second-order valence-corrected chi connectivity index (χ2v) is 3.47. The first kappa shape index (κ1) is 16.7. The number of hydrogen-bond acceptors (Lipinski definition) is 3. The van der Waals surface area contributed by atoms with Gasteiger partial charge in [0.05, 0.1) is 7.11 Å². The second kappa shape index (κ2) is 7.93. The Bertz CT molecular complexity index is 475. The lowest BCUT2D eigenvalue weighted by Gasteiger charge is -2.07. The molecule has 0 fully saturated rings. The molecule has 0 bridgehead atoms. The smallest absolute Gasteiger partial charge is 0.118 e. The van der Waals surface area contributed by atoms with Gasteiger partial charge in [0.15, 0.2) is 0 Å². The maximum atomic E-state index is 5.69. The average Bonchev–Trinajstić information content (AvgIpc) is 2.39. The molecule has 1 aromatic heterocycles. The zero-order chi connectivity index (χ0) is 11.4. The minimum absolute atomic E-state index is 0. The number of pyridine rings is 1. The summed E-state index contributed by atoms with van der Waals surface area (Å²) in [4.78, 5) is 4.13. The standard InChI is InChI=1S/C13H14N2O.2ClH/c1-16-12-4-2-10(3-5-12)13-9-15-7-6-11(13)8-14;;/h2-7,9H,8,14H2,1H3;2*1H. The number of ether oxygens (including phenoxy) is 1. The van der Waals surface area contributed by atoms with Crippen LogP contribution in [0.25, 0.3) is 11.1 Å². The molecule has 0 saturated carbocycles. The summed E-state index contributed by atoms with van der Waals surface area (Å²) in [6.07, 6.45) is 3.60. The van der Waals surface area contributed by atoms with Crippen molar-refractivity contribution in [1.82, 2.24) is 4.98 Å². The Morgan fingerprint density at radius 1 is 1.11 bits per heavy atom. The van der Waals surface area contributed by atoms with Gasteiger partial charge in [-0.15, -0.1) is 24.8 Å². The minimum Gasteiger partial charge on any atom is -0.497 e. The molecule has 3 nitrogen and oxygen atoms in total. The SMILES string of the molecule is COc1ccc(-c2cnccc2CN)cc1.Cl.Cl. The molecule has 1 aromatic carbocycles. The molecular weight excluding hydrogens is 271 g/mol. The summed E-state index contributed by atoms with van der Waals surface area (Å²) in [5.74, 6) is 0.849. The summed E-state index contributed by atoms with van der Waals surface area (Å²) in [6.45, 7) is 0.518. The van der Waals surface area contributed by atoms with Crippen molar-refractivity contribution in [1.29, 1.82) is 0 Å². The van der Waals surface area contributed by atoms with Crippen molar-refractivity contribution in [3.8, 4) is 16.9 Å². The monoisotopic (exact) mass is 286 g/mol. The van der Waals surface area contributed by atoms with Gasteiger partial charge in [0.1, 0.15) is 5.75 Å². The van der Waals surface area contributed by atoms with Crippen LogP contribution in [0.1, 0.15) is 5.56 Å². The highest BCUT2D eigenvalue weighted by Gasteiger charge is 2.03. The fraction of sp³-hybridized carbons (Fsp3) is 0.154. The summed E-state index contributed by atoms with van der Waals surface area (Å²) in [5.41, 5.74) is 8.97. The molecule has 0 atom stereocenters. The zero-order valence-electron chi connectivity index (χ0n) is 10.00. The maximum Gasteiger partial charge on any atom is 0.118 e. The lowest BCUT2D eigenvalue weighted by molar-refractivity contribution is 0.415. The van der Waals surface area contributed by atoms with Gasteiger partial charge < -0.3 is 10.5 Å². The molecule has 0 unspecified atom stereocenters. The fourth-order valence-corrected chi connectivity index (χ4v) is 1.63. The van der Waals surface area contributed by atoms with Crippen LogP contribution in [-0.4, -0.2) is 12.1 Å². The van der Waals surface area contributed by atoms with Crippen LogP contribution in [0.15, 0.2) is 42.7 Å². The van der Waals surface area contributed by atoms with Gasteiger partial charge in [0.25, 0.3) is 0 Å². The Hall–Kier alpha value is -1.29. The van der Waals surface area contributed by atoms with Gasteiger partial charge in [-0.25, -0.2) is 0 Å². The highest BCUT2D eigenvalue weighted by atomic mass is 35.5. The van der Waals surface area contributed by atoms with Crippen molar-refractivity contribution in [2.45, 2.75) is 6.54 Å².